The molecule has 0 radical (unpaired) electrons. The largest absolute Gasteiger partial charge is 0.491 e. The van der Waals surface area contributed by atoms with Gasteiger partial charge in [-0.15, -0.1) is 0 Å². The molecule has 0 N–H and O–H groups in total. The van der Waals surface area contributed by atoms with Crippen molar-refractivity contribution in [3.8, 4) is 5.75 Å². The van der Waals surface area contributed by atoms with Gasteiger partial charge in [0.15, 0.2) is 0 Å². The number of benzene rings is 1. The minimum Gasteiger partial charge on any atom is -0.491 e. The number of nitrogens with zero attached hydrogens (tertiary/aromatic N) is 4. The molecule has 1 saturated heterocycles. The van der Waals surface area contributed by atoms with Gasteiger partial charge in [-0.3, -0.25) is 9.59 Å². The van der Waals surface area contributed by atoms with Gasteiger partial charge in [-0.2, -0.15) is 4.31 Å². The van der Waals surface area contributed by atoms with Crippen LogP contribution in [0.15, 0.2) is 35.2 Å². The molecule has 0 aliphatic carbocycles. The van der Waals surface area contributed by atoms with Crippen LogP contribution in [0.5, 0.6) is 5.75 Å². The van der Waals surface area contributed by atoms with Crippen LogP contribution in [-0.2, 0) is 14.8 Å². The van der Waals surface area contributed by atoms with Gasteiger partial charge < -0.3 is 19.4 Å². The summed E-state index contributed by atoms with van der Waals surface area (Å²) < 4.78 is 34.2. The number of piperazine rings is 1. The summed E-state index contributed by atoms with van der Waals surface area (Å²) in [6.07, 6.45) is 4.48. The predicted molar refractivity (Wildman–Crippen MR) is 135 cm³/mol. The van der Waals surface area contributed by atoms with E-state index in [9.17, 15) is 18.0 Å². The van der Waals surface area contributed by atoms with E-state index in [1.807, 2.05) is 19.2 Å². The monoisotopic (exact) mass is 506 g/mol. The minimum absolute atomic E-state index is 0.0424. The highest BCUT2D eigenvalue weighted by atomic mass is 32.2. The van der Waals surface area contributed by atoms with Gasteiger partial charge in [-0.1, -0.05) is 26.0 Å². The van der Waals surface area contributed by atoms with Gasteiger partial charge in [-0.05, 0) is 37.6 Å². The first kappa shape index (κ1) is 27.2. The second kappa shape index (κ2) is 11.5. The van der Waals surface area contributed by atoms with Gasteiger partial charge in [-0.25, -0.2) is 8.42 Å². The van der Waals surface area contributed by atoms with Gasteiger partial charge in [0.05, 0.1) is 16.5 Å². The van der Waals surface area contributed by atoms with E-state index in [-0.39, 0.29) is 34.9 Å². The first-order chi connectivity index (χ1) is 16.5. The molecule has 3 rings (SSSR count). The number of likely N-dealkylation sites (N-methyl/N-ethyl adjacent to an activating group) is 2. The lowest BCUT2D eigenvalue weighted by molar-refractivity contribution is -0.131. The molecule has 0 bridgehead atoms. The van der Waals surface area contributed by atoms with Crippen molar-refractivity contribution in [2.45, 2.75) is 38.1 Å². The van der Waals surface area contributed by atoms with Crippen LogP contribution in [0.3, 0.4) is 0 Å². The summed E-state index contributed by atoms with van der Waals surface area (Å²) >= 11 is 0. The molecule has 1 aromatic rings. The Kier molecular flexibility index (Phi) is 8.95. The van der Waals surface area contributed by atoms with Crippen molar-refractivity contribution in [3.63, 3.8) is 0 Å². The fourth-order valence-electron chi connectivity index (χ4n) is 4.40. The summed E-state index contributed by atoms with van der Waals surface area (Å²) in [5.74, 6) is 0.301. The number of fused-ring (bicyclic) bond motifs is 1. The fourth-order valence-corrected chi connectivity index (χ4v) is 5.85. The Morgan fingerprint density at radius 3 is 2.37 bits per heavy atom. The van der Waals surface area contributed by atoms with Crippen LogP contribution < -0.4 is 4.74 Å². The third-order valence-electron chi connectivity index (χ3n) is 6.50. The molecular formula is C25H38N4O5S. The Labute approximate surface area is 209 Å². The molecule has 1 aromatic carbocycles. The number of sulfonamides is 1. The smallest absolute Gasteiger partial charge is 0.257 e. The number of hydrogen-bond donors (Lipinski definition) is 0. The number of amides is 2. The SMILES string of the molecule is CC(=O)N1C/C=C/CN(C)C(=O)c2cc(S(=O)(=O)N3CCN(C)CC3)ccc2OC[C@H]1CC(C)C. The van der Waals surface area contributed by atoms with Crippen LogP contribution in [-0.4, -0.2) is 105 Å². The van der Waals surface area contributed by atoms with Gasteiger partial charge >= 0.3 is 0 Å². The van der Waals surface area contributed by atoms with E-state index in [1.165, 1.54) is 21.3 Å². The quantitative estimate of drug-likeness (QED) is 0.580. The predicted octanol–water partition coefficient (Wildman–Crippen LogP) is 1.91. The zero-order valence-electron chi connectivity index (χ0n) is 21.4. The van der Waals surface area contributed by atoms with Gasteiger partial charge in [0, 0.05) is 53.2 Å². The van der Waals surface area contributed by atoms with E-state index in [1.54, 1.807) is 24.9 Å². The molecule has 2 aliphatic heterocycles. The molecule has 0 spiro atoms. The molecule has 0 unspecified atom stereocenters. The van der Waals surface area contributed by atoms with Crippen LogP contribution in [0, 0.1) is 5.92 Å². The van der Waals surface area contributed by atoms with Crippen LogP contribution in [0.2, 0.25) is 0 Å². The van der Waals surface area contributed by atoms with Crippen molar-refractivity contribution in [3.05, 3.63) is 35.9 Å². The summed E-state index contributed by atoms with van der Waals surface area (Å²) in [7, 11) is -0.118. The van der Waals surface area contributed by atoms with E-state index < -0.39 is 10.0 Å². The van der Waals surface area contributed by atoms with Crippen molar-refractivity contribution < 1.29 is 22.7 Å². The van der Waals surface area contributed by atoms with Crippen molar-refractivity contribution in [1.82, 2.24) is 19.0 Å². The minimum atomic E-state index is -3.74. The van der Waals surface area contributed by atoms with Crippen LogP contribution in [0.1, 0.15) is 37.6 Å². The van der Waals surface area contributed by atoms with E-state index >= 15 is 0 Å². The maximum absolute atomic E-state index is 13.3. The second-order valence-electron chi connectivity index (χ2n) is 9.79. The molecule has 10 heteroatoms. The zero-order chi connectivity index (χ0) is 25.8. The Hall–Kier alpha value is -2.43. The van der Waals surface area contributed by atoms with Gasteiger partial charge in [0.2, 0.25) is 15.9 Å². The molecule has 2 aliphatic rings. The van der Waals surface area contributed by atoms with E-state index in [4.69, 9.17) is 4.74 Å². The molecular weight excluding hydrogens is 468 g/mol. The zero-order valence-corrected chi connectivity index (χ0v) is 22.3. The third-order valence-corrected chi connectivity index (χ3v) is 8.39. The molecule has 194 valence electrons. The second-order valence-corrected chi connectivity index (χ2v) is 11.7. The molecule has 35 heavy (non-hydrogen) atoms. The molecule has 0 aromatic heterocycles. The number of hydrogen-bond acceptors (Lipinski definition) is 6. The average molecular weight is 507 g/mol. The standard InChI is InChI=1S/C25H38N4O5S/c1-19(2)16-21-18-34-24-9-8-22(35(32,33)28-14-12-26(4)13-15-28)17-23(24)25(31)27(5)10-6-7-11-29(21)20(3)30/h6-9,17,19,21H,10-16,18H2,1-5H3/b7-6+/t21-/m1/s1. The Morgan fingerprint density at radius 2 is 1.74 bits per heavy atom. The van der Waals surface area contributed by atoms with Crippen molar-refractivity contribution >= 4 is 21.8 Å². The topological polar surface area (TPSA) is 90.5 Å². The lowest BCUT2D eigenvalue weighted by Crippen LogP contribution is -2.47. The average Bonchev–Trinajstić information content (AvgIpc) is 2.80. The molecule has 1 atom stereocenters. The van der Waals surface area contributed by atoms with E-state index in [0.29, 0.717) is 50.9 Å². The van der Waals surface area contributed by atoms with Crippen LogP contribution in [0.4, 0.5) is 0 Å². The summed E-state index contributed by atoms with van der Waals surface area (Å²) in [5.41, 5.74) is 0.203. The summed E-state index contributed by atoms with van der Waals surface area (Å²) in [5, 5.41) is 0. The molecule has 0 saturated carbocycles. The maximum Gasteiger partial charge on any atom is 0.257 e. The van der Waals surface area contributed by atoms with E-state index in [0.717, 1.165) is 6.42 Å². The lowest BCUT2D eigenvalue weighted by Gasteiger charge is -2.32. The molecule has 2 amide bonds. The van der Waals surface area contributed by atoms with E-state index in [2.05, 4.69) is 18.7 Å². The normalized spacial score (nSPS) is 22.2. The van der Waals surface area contributed by atoms with Crippen LogP contribution in [0.25, 0.3) is 0 Å². The first-order valence-electron chi connectivity index (χ1n) is 12.1. The molecule has 1 fully saturated rings. The maximum atomic E-state index is 13.3. The summed E-state index contributed by atoms with van der Waals surface area (Å²) in [4.78, 5) is 31.2. The lowest BCUT2D eigenvalue weighted by atomic mass is 10.0. The Bertz CT molecular complexity index is 1050. The fraction of sp³-hybridized carbons (Fsp3) is 0.600. The number of carbonyl (C=O) groups is 2. The van der Waals surface area contributed by atoms with Crippen molar-refractivity contribution in [2.75, 3.05) is 60.0 Å². The molecule has 9 nitrogen and oxygen atoms in total. The molecule has 2 heterocycles. The Balaban J connectivity index is 1.98. The summed E-state index contributed by atoms with van der Waals surface area (Å²) in [6, 6.07) is 4.32. The highest BCUT2D eigenvalue weighted by Gasteiger charge is 2.30. The first-order valence-corrected chi connectivity index (χ1v) is 13.6. The van der Waals surface area contributed by atoms with Gasteiger partial charge in [0.1, 0.15) is 12.4 Å². The van der Waals surface area contributed by atoms with Crippen LogP contribution >= 0.6 is 0 Å². The number of ether oxygens (including phenoxy) is 1. The van der Waals surface area contributed by atoms with Crippen molar-refractivity contribution in [2.24, 2.45) is 5.92 Å². The van der Waals surface area contributed by atoms with Crippen molar-refractivity contribution in [1.29, 1.82) is 0 Å². The number of carbonyl (C=O) groups excluding carboxylic acids is 2. The highest BCUT2D eigenvalue weighted by molar-refractivity contribution is 7.89. The summed E-state index contributed by atoms with van der Waals surface area (Å²) in [6.45, 7) is 8.83. The third kappa shape index (κ3) is 6.62. The number of rotatable bonds is 4. The Morgan fingerprint density at radius 1 is 1.09 bits per heavy atom. The highest BCUT2D eigenvalue weighted by Crippen LogP contribution is 2.28. The van der Waals surface area contributed by atoms with Gasteiger partial charge in [0.25, 0.3) is 5.91 Å².